The lowest BCUT2D eigenvalue weighted by atomic mass is 10.1. The van der Waals surface area contributed by atoms with Gasteiger partial charge in [-0.25, -0.2) is 0 Å². The molecule has 0 atom stereocenters. The van der Waals surface area contributed by atoms with Crippen LogP contribution < -0.4 is 0 Å². The number of nitro groups is 1. The van der Waals surface area contributed by atoms with E-state index in [0.717, 1.165) is 21.8 Å². The second-order valence-electron chi connectivity index (χ2n) is 3.96. The Balaban J connectivity index is 2.29. The lowest BCUT2D eigenvalue weighted by molar-refractivity contribution is -0.385. The van der Waals surface area contributed by atoms with Crippen LogP contribution >= 0.6 is 34.4 Å². The second-order valence-corrected chi connectivity index (χ2v) is 6.32. The topological polar surface area (TPSA) is 43.1 Å². The van der Waals surface area contributed by atoms with Crippen molar-refractivity contribution in [3.05, 3.63) is 61.7 Å². The summed E-state index contributed by atoms with van der Waals surface area (Å²) in [6.45, 7) is 2.01. The highest BCUT2D eigenvalue weighted by Crippen LogP contribution is 2.33. The molecule has 0 fully saturated rings. The summed E-state index contributed by atoms with van der Waals surface area (Å²) in [5, 5.41) is 10.8. The summed E-state index contributed by atoms with van der Waals surface area (Å²) in [5.41, 5.74) is 1.17. The van der Waals surface area contributed by atoms with E-state index in [9.17, 15) is 10.1 Å². The van der Waals surface area contributed by atoms with Crippen molar-refractivity contribution in [3.63, 3.8) is 0 Å². The lowest BCUT2D eigenvalue weighted by Crippen LogP contribution is -1.92. The van der Waals surface area contributed by atoms with Gasteiger partial charge in [0.1, 0.15) is 0 Å². The molecule has 2 aromatic carbocycles. The Morgan fingerprint density at radius 2 is 1.89 bits per heavy atom. The number of benzene rings is 2. The molecule has 0 saturated carbocycles. The third-order valence-corrected chi connectivity index (χ3v) is 4.52. The van der Waals surface area contributed by atoms with Gasteiger partial charge in [0, 0.05) is 25.5 Å². The van der Waals surface area contributed by atoms with Gasteiger partial charge < -0.3 is 0 Å². The quantitative estimate of drug-likeness (QED) is 0.427. The number of rotatable bonds is 4. The van der Waals surface area contributed by atoms with Gasteiger partial charge >= 0.3 is 0 Å². The average Bonchev–Trinajstić information content (AvgIpc) is 2.41. The van der Waals surface area contributed by atoms with E-state index < -0.39 is 0 Å². The summed E-state index contributed by atoms with van der Waals surface area (Å²) in [4.78, 5) is 12.6. The fourth-order valence-electron chi connectivity index (χ4n) is 1.68. The molecule has 0 aromatic heterocycles. The molecular formula is C14H12INO2S. The molecule has 0 unspecified atom stereocenters. The van der Waals surface area contributed by atoms with E-state index >= 15 is 0 Å². The van der Waals surface area contributed by atoms with Gasteiger partial charge in [0.05, 0.1) is 4.92 Å². The molecule has 98 valence electrons. The van der Waals surface area contributed by atoms with Gasteiger partial charge in [0.2, 0.25) is 0 Å². The predicted molar refractivity (Wildman–Crippen MR) is 85.8 cm³/mol. The molecule has 0 aliphatic carbocycles. The smallest absolute Gasteiger partial charge is 0.258 e. The number of aryl methyl sites for hydroxylation is 1. The van der Waals surface area contributed by atoms with Crippen molar-refractivity contribution in [2.45, 2.75) is 23.1 Å². The normalized spacial score (nSPS) is 10.4. The van der Waals surface area contributed by atoms with Gasteiger partial charge in [0.25, 0.3) is 5.69 Å². The fraction of sp³-hybridized carbons (Fsp3) is 0.143. The van der Waals surface area contributed by atoms with E-state index in [1.807, 2.05) is 13.0 Å². The van der Waals surface area contributed by atoms with E-state index in [1.54, 1.807) is 23.9 Å². The Hall–Kier alpha value is -1.08. The zero-order valence-corrected chi connectivity index (χ0v) is 13.3. The van der Waals surface area contributed by atoms with Crippen LogP contribution in [0.2, 0.25) is 0 Å². The molecular weight excluding hydrogens is 373 g/mol. The standard InChI is InChI=1S/C14H12INO2S/c1-2-10-9-12(16(17)18)5-8-14(10)19-13-6-3-11(15)4-7-13/h3-9H,2H2,1H3. The van der Waals surface area contributed by atoms with Crippen molar-refractivity contribution < 1.29 is 4.92 Å². The van der Waals surface area contributed by atoms with Crippen LogP contribution in [-0.4, -0.2) is 4.92 Å². The molecule has 2 rings (SSSR count). The maximum atomic E-state index is 10.8. The van der Waals surface area contributed by atoms with Crippen LogP contribution in [0, 0.1) is 13.7 Å². The molecule has 0 aliphatic heterocycles. The van der Waals surface area contributed by atoms with Gasteiger partial charge in [-0.2, -0.15) is 0 Å². The first-order chi connectivity index (χ1) is 9.10. The minimum absolute atomic E-state index is 0.156. The Kier molecular flexibility index (Phi) is 4.81. The first kappa shape index (κ1) is 14.3. The van der Waals surface area contributed by atoms with Crippen molar-refractivity contribution in [1.29, 1.82) is 0 Å². The molecule has 3 nitrogen and oxygen atoms in total. The van der Waals surface area contributed by atoms with Gasteiger partial charge in [-0.3, -0.25) is 10.1 Å². The molecule has 0 saturated heterocycles. The molecule has 0 N–H and O–H groups in total. The highest BCUT2D eigenvalue weighted by atomic mass is 127. The van der Waals surface area contributed by atoms with Gasteiger partial charge in [-0.05, 0) is 64.9 Å². The summed E-state index contributed by atoms with van der Waals surface area (Å²) in [5.74, 6) is 0. The maximum absolute atomic E-state index is 10.8. The van der Waals surface area contributed by atoms with Gasteiger partial charge in [-0.15, -0.1) is 0 Å². The summed E-state index contributed by atoms with van der Waals surface area (Å²) < 4.78 is 1.20. The molecule has 0 aliphatic rings. The summed E-state index contributed by atoms with van der Waals surface area (Å²) in [6.07, 6.45) is 0.786. The zero-order chi connectivity index (χ0) is 13.8. The highest BCUT2D eigenvalue weighted by Gasteiger charge is 2.10. The molecule has 2 aromatic rings. The van der Waals surface area contributed by atoms with Crippen LogP contribution in [0.1, 0.15) is 12.5 Å². The number of hydrogen-bond donors (Lipinski definition) is 0. The minimum atomic E-state index is -0.349. The van der Waals surface area contributed by atoms with E-state index in [1.165, 1.54) is 3.57 Å². The Bertz CT molecular complexity index is 599. The molecule has 0 spiro atoms. The Labute approximate surface area is 129 Å². The number of non-ortho nitro benzene ring substituents is 1. The zero-order valence-electron chi connectivity index (χ0n) is 10.3. The lowest BCUT2D eigenvalue weighted by Gasteiger charge is -2.07. The first-order valence-electron chi connectivity index (χ1n) is 5.81. The van der Waals surface area contributed by atoms with Crippen molar-refractivity contribution in [1.82, 2.24) is 0 Å². The SMILES string of the molecule is CCc1cc([N+](=O)[O-])ccc1Sc1ccc(I)cc1. The molecule has 0 amide bonds. The van der Waals surface area contributed by atoms with Crippen molar-refractivity contribution >= 4 is 40.0 Å². The number of nitrogens with zero attached hydrogens (tertiary/aromatic N) is 1. The molecule has 5 heteroatoms. The maximum Gasteiger partial charge on any atom is 0.269 e. The highest BCUT2D eigenvalue weighted by molar-refractivity contribution is 14.1. The monoisotopic (exact) mass is 385 g/mol. The third kappa shape index (κ3) is 3.70. The fourth-order valence-corrected chi connectivity index (χ4v) is 3.04. The second kappa shape index (κ2) is 6.38. The largest absolute Gasteiger partial charge is 0.269 e. The van der Waals surface area contributed by atoms with Crippen molar-refractivity contribution in [2.75, 3.05) is 0 Å². The summed E-state index contributed by atoms with van der Waals surface area (Å²) in [7, 11) is 0. The van der Waals surface area contributed by atoms with Crippen LogP contribution in [0.4, 0.5) is 5.69 Å². The van der Waals surface area contributed by atoms with Crippen LogP contribution in [0.5, 0.6) is 0 Å². The molecule has 0 bridgehead atoms. The summed E-state index contributed by atoms with van der Waals surface area (Å²) in [6, 6.07) is 13.3. The van der Waals surface area contributed by atoms with E-state index in [2.05, 4.69) is 46.9 Å². The molecule has 0 radical (unpaired) electrons. The number of halogens is 1. The van der Waals surface area contributed by atoms with Crippen molar-refractivity contribution in [3.8, 4) is 0 Å². The van der Waals surface area contributed by atoms with E-state index in [4.69, 9.17) is 0 Å². The van der Waals surface area contributed by atoms with Crippen LogP contribution in [0.25, 0.3) is 0 Å². The molecule has 0 heterocycles. The van der Waals surface area contributed by atoms with Crippen LogP contribution in [0.15, 0.2) is 52.3 Å². The van der Waals surface area contributed by atoms with Crippen LogP contribution in [0.3, 0.4) is 0 Å². The average molecular weight is 385 g/mol. The first-order valence-corrected chi connectivity index (χ1v) is 7.70. The van der Waals surface area contributed by atoms with Gasteiger partial charge in [0.15, 0.2) is 0 Å². The van der Waals surface area contributed by atoms with E-state index in [0.29, 0.717) is 0 Å². The minimum Gasteiger partial charge on any atom is -0.258 e. The third-order valence-electron chi connectivity index (χ3n) is 2.68. The van der Waals surface area contributed by atoms with E-state index in [-0.39, 0.29) is 10.6 Å². The molecule has 19 heavy (non-hydrogen) atoms. The van der Waals surface area contributed by atoms with Crippen molar-refractivity contribution in [2.24, 2.45) is 0 Å². The number of hydrogen-bond acceptors (Lipinski definition) is 3. The van der Waals surface area contributed by atoms with Crippen LogP contribution in [-0.2, 0) is 6.42 Å². The van der Waals surface area contributed by atoms with Gasteiger partial charge in [-0.1, -0.05) is 18.7 Å². The summed E-state index contributed by atoms with van der Waals surface area (Å²) >= 11 is 3.91. The Morgan fingerprint density at radius 1 is 1.21 bits per heavy atom. The predicted octanol–water partition coefficient (Wildman–Crippen LogP) is 4.91. The Morgan fingerprint density at radius 3 is 2.47 bits per heavy atom. The number of nitro benzene ring substituents is 1.